The molecule has 3 rings (SSSR count). The van der Waals surface area contributed by atoms with Crippen LogP contribution < -0.4 is 0 Å². The molecule has 0 atom stereocenters. The van der Waals surface area contributed by atoms with E-state index in [1.54, 1.807) is 0 Å². The number of aromatic nitrogens is 1. The van der Waals surface area contributed by atoms with Gasteiger partial charge in [0.15, 0.2) is 0 Å². The van der Waals surface area contributed by atoms with E-state index in [-0.39, 0.29) is 18.3 Å². The molecule has 4 heteroatoms. The van der Waals surface area contributed by atoms with E-state index >= 15 is 0 Å². The van der Waals surface area contributed by atoms with Crippen LogP contribution in [0.5, 0.6) is 0 Å². The zero-order valence-electron chi connectivity index (χ0n) is 12.4. The lowest BCUT2D eigenvalue weighted by Gasteiger charge is -2.32. The van der Waals surface area contributed by atoms with Crippen molar-refractivity contribution in [2.75, 3.05) is 0 Å². The van der Waals surface area contributed by atoms with Crippen LogP contribution in [0.25, 0.3) is 17.0 Å². The molecule has 1 aliphatic heterocycles. The van der Waals surface area contributed by atoms with Crippen molar-refractivity contribution >= 4 is 24.1 Å². The predicted octanol–water partition coefficient (Wildman–Crippen LogP) is 3.81. The fourth-order valence-electron chi connectivity index (χ4n) is 2.33. The van der Waals surface area contributed by atoms with Crippen molar-refractivity contribution in [3.8, 4) is 0 Å². The molecule has 3 nitrogen and oxygen atoms in total. The van der Waals surface area contributed by atoms with Crippen LogP contribution in [0.3, 0.4) is 0 Å². The van der Waals surface area contributed by atoms with Crippen LogP contribution in [0.2, 0.25) is 0 Å². The number of benzene rings is 1. The third kappa shape index (κ3) is 2.30. The monoisotopic (exact) mass is 269 g/mol. The van der Waals surface area contributed by atoms with Gasteiger partial charge in [-0.3, -0.25) is 0 Å². The summed E-state index contributed by atoms with van der Waals surface area (Å²) in [6, 6.07) is 8.38. The Hall–Kier alpha value is -1.52. The zero-order chi connectivity index (χ0) is 14.4. The number of H-pyrrole nitrogens is 1. The van der Waals surface area contributed by atoms with Gasteiger partial charge in [0.2, 0.25) is 0 Å². The molecule has 2 aromatic rings. The molecule has 1 aliphatic rings. The van der Waals surface area contributed by atoms with Gasteiger partial charge in [-0.1, -0.05) is 18.1 Å². The average Bonchev–Trinajstić information content (AvgIpc) is 2.89. The molecular formula is C16H20BNO2. The van der Waals surface area contributed by atoms with Gasteiger partial charge in [-0.15, -0.1) is 0 Å². The van der Waals surface area contributed by atoms with Gasteiger partial charge in [-0.25, -0.2) is 0 Å². The molecular weight excluding hydrogens is 249 g/mol. The lowest BCUT2D eigenvalue weighted by atomic mass is 9.89. The maximum atomic E-state index is 5.94. The van der Waals surface area contributed by atoms with Gasteiger partial charge in [-0.05, 0) is 56.8 Å². The highest BCUT2D eigenvalue weighted by Crippen LogP contribution is 2.37. The van der Waals surface area contributed by atoms with Crippen LogP contribution in [0.15, 0.2) is 36.4 Å². The first-order valence-electron chi connectivity index (χ1n) is 6.98. The molecule has 0 amide bonds. The minimum absolute atomic E-state index is 0.285. The molecule has 1 saturated heterocycles. The molecule has 0 radical (unpaired) electrons. The van der Waals surface area contributed by atoms with Crippen LogP contribution in [-0.4, -0.2) is 23.3 Å². The topological polar surface area (TPSA) is 34.2 Å². The first-order chi connectivity index (χ1) is 9.37. The van der Waals surface area contributed by atoms with Gasteiger partial charge in [0.1, 0.15) is 0 Å². The molecule has 0 aliphatic carbocycles. The zero-order valence-corrected chi connectivity index (χ0v) is 12.4. The Morgan fingerprint density at radius 3 is 2.45 bits per heavy atom. The predicted molar refractivity (Wildman–Crippen MR) is 83.4 cm³/mol. The number of rotatable bonds is 2. The third-order valence-electron chi connectivity index (χ3n) is 4.29. The molecule has 20 heavy (non-hydrogen) atoms. The van der Waals surface area contributed by atoms with Gasteiger partial charge >= 0.3 is 7.12 Å². The fourth-order valence-corrected chi connectivity index (χ4v) is 2.33. The first-order valence-corrected chi connectivity index (χ1v) is 6.98. The van der Waals surface area contributed by atoms with Gasteiger partial charge in [0.05, 0.1) is 11.2 Å². The Labute approximate surface area is 120 Å². The standard InChI is InChI=1S/C16H20BNO2/c1-15(2)16(3,4)20-17(19-15)9-7-12-5-6-14-13(11-12)8-10-18-14/h5-11,18H,1-4H3/b9-7+. The Balaban J connectivity index is 1.78. The largest absolute Gasteiger partial charge is 0.487 e. The lowest BCUT2D eigenvalue weighted by molar-refractivity contribution is 0.00578. The summed E-state index contributed by atoms with van der Waals surface area (Å²) in [6.45, 7) is 8.25. The van der Waals surface area contributed by atoms with Crippen LogP contribution in [0.4, 0.5) is 0 Å². The quantitative estimate of drug-likeness (QED) is 0.841. The van der Waals surface area contributed by atoms with Gasteiger partial charge < -0.3 is 14.3 Å². The highest BCUT2D eigenvalue weighted by molar-refractivity contribution is 6.52. The lowest BCUT2D eigenvalue weighted by Crippen LogP contribution is -2.41. The van der Waals surface area contributed by atoms with E-state index in [1.807, 2.05) is 12.2 Å². The molecule has 1 aromatic carbocycles. The van der Waals surface area contributed by atoms with Crippen LogP contribution in [0, 0.1) is 0 Å². The molecule has 0 bridgehead atoms. The smallest absolute Gasteiger partial charge is 0.400 e. The maximum Gasteiger partial charge on any atom is 0.487 e. The van der Waals surface area contributed by atoms with Crippen molar-refractivity contribution in [2.24, 2.45) is 0 Å². The minimum atomic E-state index is -0.290. The van der Waals surface area contributed by atoms with Crippen LogP contribution in [0.1, 0.15) is 33.3 Å². The second kappa shape index (κ2) is 4.50. The number of hydrogen-bond acceptors (Lipinski definition) is 2. The Kier molecular flexibility index (Phi) is 3.03. The summed E-state index contributed by atoms with van der Waals surface area (Å²) < 4.78 is 11.9. The highest BCUT2D eigenvalue weighted by atomic mass is 16.7. The number of aromatic amines is 1. The van der Waals surface area contributed by atoms with Gasteiger partial charge in [-0.2, -0.15) is 0 Å². The fraction of sp³-hybridized carbons (Fsp3) is 0.375. The normalized spacial score (nSPS) is 21.1. The molecule has 104 valence electrons. The van der Waals surface area contributed by atoms with Crippen LogP contribution >= 0.6 is 0 Å². The molecule has 0 saturated carbocycles. The summed E-state index contributed by atoms with van der Waals surface area (Å²) in [5.74, 6) is 1.98. The van der Waals surface area contributed by atoms with Gasteiger partial charge in [0.25, 0.3) is 0 Å². The third-order valence-corrected chi connectivity index (χ3v) is 4.29. The summed E-state index contributed by atoms with van der Waals surface area (Å²) in [7, 11) is -0.290. The SMILES string of the molecule is CC1(C)OB(/C=C/c2ccc3[nH]ccc3c2)OC1(C)C. The Bertz CT molecular complexity index is 641. The van der Waals surface area contributed by atoms with E-state index in [1.165, 1.54) is 5.39 Å². The highest BCUT2D eigenvalue weighted by Gasteiger charge is 2.49. The van der Waals surface area contributed by atoms with Crippen molar-refractivity contribution in [3.63, 3.8) is 0 Å². The minimum Gasteiger partial charge on any atom is -0.400 e. The van der Waals surface area contributed by atoms with E-state index in [4.69, 9.17) is 9.31 Å². The first kappa shape index (κ1) is 13.5. The average molecular weight is 269 g/mol. The molecule has 1 fully saturated rings. The van der Waals surface area contributed by atoms with Crippen LogP contribution in [-0.2, 0) is 9.31 Å². The van der Waals surface area contributed by atoms with Crippen molar-refractivity contribution in [3.05, 3.63) is 42.0 Å². The summed E-state index contributed by atoms with van der Waals surface area (Å²) in [4.78, 5) is 3.19. The molecule has 1 aromatic heterocycles. The van der Waals surface area contributed by atoms with Crippen molar-refractivity contribution < 1.29 is 9.31 Å². The van der Waals surface area contributed by atoms with E-state index in [0.717, 1.165) is 11.1 Å². The van der Waals surface area contributed by atoms with Crippen molar-refractivity contribution in [1.29, 1.82) is 0 Å². The second-order valence-corrected chi connectivity index (χ2v) is 6.31. The molecule has 2 heterocycles. The Morgan fingerprint density at radius 1 is 1.05 bits per heavy atom. The summed E-state index contributed by atoms with van der Waals surface area (Å²) in [6.07, 6.45) is 4.00. The Morgan fingerprint density at radius 2 is 1.75 bits per heavy atom. The van der Waals surface area contributed by atoms with Crippen molar-refractivity contribution in [2.45, 2.75) is 38.9 Å². The van der Waals surface area contributed by atoms with E-state index in [0.29, 0.717) is 0 Å². The number of hydrogen-bond donors (Lipinski definition) is 1. The maximum absolute atomic E-state index is 5.94. The van der Waals surface area contributed by atoms with Gasteiger partial charge in [0, 0.05) is 11.7 Å². The molecule has 0 unspecified atom stereocenters. The summed E-state index contributed by atoms with van der Waals surface area (Å²) in [5.41, 5.74) is 1.73. The summed E-state index contributed by atoms with van der Waals surface area (Å²) in [5, 5.41) is 1.21. The molecule has 1 N–H and O–H groups in total. The van der Waals surface area contributed by atoms with E-state index in [2.05, 4.69) is 63.0 Å². The number of nitrogens with one attached hydrogen (secondary N) is 1. The van der Waals surface area contributed by atoms with Crippen molar-refractivity contribution in [1.82, 2.24) is 4.98 Å². The van der Waals surface area contributed by atoms with E-state index in [9.17, 15) is 0 Å². The second-order valence-electron chi connectivity index (χ2n) is 6.31. The summed E-state index contributed by atoms with van der Waals surface area (Å²) >= 11 is 0. The number of fused-ring (bicyclic) bond motifs is 1. The van der Waals surface area contributed by atoms with E-state index < -0.39 is 0 Å². The molecule has 0 spiro atoms.